The van der Waals surface area contributed by atoms with Crippen molar-refractivity contribution in [3.05, 3.63) is 0 Å². The smallest absolute Gasteiger partial charge is 0.0689 e. The fourth-order valence-electron chi connectivity index (χ4n) is 5.19. The van der Waals surface area contributed by atoms with E-state index in [4.69, 9.17) is 4.74 Å². The summed E-state index contributed by atoms with van der Waals surface area (Å²) >= 11 is 0. The van der Waals surface area contributed by atoms with Gasteiger partial charge < -0.3 is 10.1 Å². The Bertz CT molecular complexity index is 249. The van der Waals surface area contributed by atoms with Gasteiger partial charge in [0.15, 0.2) is 0 Å². The quantitative estimate of drug-likeness (QED) is 0.769. The number of hydrogen-bond acceptors (Lipinski definition) is 2. The molecule has 0 aromatic rings. The van der Waals surface area contributed by atoms with E-state index in [9.17, 15) is 0 Å². The summed E-state index contributed by atoms with van der Waals surface area (Å²) in [7, 11) is 4.03. The standard InChI is InChI=1S/C13H23NO/c1-14-9-12-4-10-3-11(5-12)7-13(6-10,8-12)15-2/h10-11,14H,3-9H2,1-2H3. The maximum Gasteiger partial charge on any atom is 0.0689 e. The molecule has 0 aromatic carbocycles. The van der Waals surface area contributed by atoms with Gasteiger partial charge in [-0.05, 0) is 62.8 Å². The van der Waals surface area contributed by atoms with Gasteiger partial charge in [-0.15, -0.1) is 0 Å². The molecule has 86 valence electrons. The van der Waals surface area contributed by atoms with Crippen LogP contribution in [-0.4, -0.2) is 26.3 Å². The molecule has 15 heavy (non-hydrogen) atoms. The van der Waals surface area contributed by atoms with Crippen molar-refractivity contribution in [2.45, 2.75) is 44.1 Å². The lowest BCUT2D eigenvalue weighted by Crippen LogP contribution is -2.58. The predicted octanol–water partition coefficient (Wildman–Crippen LogP) is 2.19. The largest absolute Gasteiger partial charge is 0.378 e. The minimum Gasteiger partial charge on any atom is -0.378 e. The fourth-order valence-corrected chi connectivity index (χ4v) is 5.19. The van der Waals surface area contributed by atoms with Crippen LogP contribution in [0.2, 0.25) is 0 Å². The van der Waals surface area contributed by atoms with Crippen LogP contribution in [0.5, 0.6) is 0 Å². The first kappa shape index (κ1) is 10.1. The second kappa shape index (κ2) is 3.21. The molecule has 0 radical (unpaired) electrons. The number of rotatable bonds is 3. The van der Waals surface area contributed by atoms with Gasteiger partial charge in [-0.3, -0.25) is 0 Å². The Balaban J connectivity index is 1.88. The zero-order valence-electron chi connectivity index (χ0n) is 10.0. The summed E-state index contributed by atoms with van der Waals surface area (Å²) < 4.78 is 5.89. The molecule has 2 nitrogen and oxygen atoms in total. The second-order valence-electron chi connectivity index (χ2n) is 6.38. The lowest BCUT2D eigenvalue weighted by Gasteiger charge is -2.61. The van der Waals surface area contributed by atoms with E-state index < -0.39 is 0 Å². The third-order valence-corrected chi connectivity index (χ3v) is 5.11. The van der Waals surface area contributed by atoms with Crippen LogP contribution in [0.25, 0.3) is 0 Å². The van der Waals surface area contributed by atoms with E-state index in [0.717, 1.165) is 11.8 Å². The van der Waals surface area contributed by atoms with E-state index in [2.05, 4.69) is 12.4 Å². The number of nitrogens with one attached hydrogen (secondary N) is 1. The summed E-state index contributed by atoms with van der Waals surface area (Å²) in [6.07, 6.45) is 8.38. The van der Waals surface area contributed by atoms with Crippen molar-refractivity contribution in [2.24, 2.45) is 17.3 Å². The Kier molecular flexibility index (Phi) is 2.16. The van der Waals surface area contributed by atoms with Crippen molar-refractivity contribution < 1.29 is 4.74 Å². The number of ether oxygens (including phenoxy) is 1. The molecular weight excluding hydrogens is 186 g/mol. The Morgan fingerprint density at radius 3 is 2.40 bits per heavy atom. The average Bonchev–Trinajstić information content (AvgIpc) is 2.15. The Morgan fingerprint density at radius 1 is 1.20 bits per heavy atom. The van der Waals surface area contributed by atoms with Crippen LogP contribution in [0.15, 0.2) is 0 Å². The maximum absolute atomic E-state index is 5.89. The van der Waals surface area contributed by atoms with E-state index in [1.54, 1.807) is 0 Å². The highest BCUT2D eigenvalue weighted by Gasteiger charge is 2.57. The van der Waals surface area contributed by atoms with Gasteiger partial charge in [0.2, 0.25) is 0 Å². The normalized spacial score (nSPS) is 52.4. The summed E-state index contributed by atoms with van der Waals surface area (Å²) in [4.78, 5) is 0. The van der Waals surface area contributed by atoms with Crippen molar-refractivity contribution in [1.82, 2.24) is 5.32 Å². The minimum absolute atomic E-state index is 0.265. The molecule has 4 saturated carbocycles. The second-order valence-corrected chi connectivity index (χ2v) is 6.38. The van der Waals surface area contributed by atoms with Gasteiger partial charge in [0, 0.05) is 13.7 Å². The number of hydrogen-bond donors (Lipinski definition) is 1. The van der Waals surface area contributed by atoms with E-state index in [1.165, 1.54) is 45.1 Å². The van der Waals surface area contributed by atoms with Crippen LogP contribution in [0.4, 0.5) is 0 Å². The minimum atomic E-state index is 0.265. The van der Waals surface area contributed by atoms with Crippen LogP contribution in [-0.2, 0) is 4.74 Å². The number of methoxy groups -OCH3 is 1. The molecule has 0 amide bonds. The van der Waals surface area contributed by atoms with Crippen LogP contribution in [0.3, 0.4) is 0 Å². The predicted molar refractivity (Wildman–Crippen MR) is 60.8 cm³/mol. The van der Waals surface area contributed by atoms with Crippen molar-refractivity contribution in [1.29, 1.82) is 0 Å². The summed E-state index contributed by atoms with van der Waals surface area (Å²) in [5.41, 5.74) is 0.843. The molecule has 0 aliphatic heterocycles. The van der Waals surface area contributed by atoms with Crippen molar-refractivity contribution in [3.63, 3.8) is 0 Å². The van der Waals surface area contributed by atoms with Gasteiger partial charge in [0.05, 0.1) is 5.60 Å². The highest BCUT2D eigenvalue weighted by Crippen LogP contribution is 2.62. The first-order valence-corrected chi connectivity index (χ1v) is 6.39. The van der Waals surface area contributed by atoms with Gasteiger partial charge >= 0.3 is 0 Å². The van der Waals surface area contributed by atoms with Gasteiger partial charge in [0.1, 0.15) is 0 Å². The monoisotopic (exact) mass is 209 g/mol. The summed E-state index contributed by atoms with van der Waals surface area (Å²) in [6, 6.07) is 0. The molecule has 4 bridgehead atoms. The lowest BCUT2D eigenvalue weighted by atomic mass is 9.48. The molecule has 2 unspecified atom stereocenters. The summed E-state index contributed by atoms with van der Waals surface area (Å²) in [6.45, 7) is 1.20. The summed E-state index contributed by atoms with van der Waals surface area (Å²) in [5.74, 6) is 1.92. The molecule has 0 heterocycles. The van der Waals surface area contributed by atoms with E-state index in [1.807, 2.05) is 7.11 Å². The van der Waals surface area contributed by atoms with Gasteiger partial charge in [-0.25, -0.2) is 0 Å². The van der Waals surface area contributed by atoms with Gasteiger partial charge in [-0.1, -0.05) is 0 Å². The molecule has 4 rings (SSSR count). The lowest BCUT2D eigenvalue weighted by molar-refractivity contribution is -0.178. The molecule has 0 spiro atoms. The van der Waals surface area contributed by atoms with Gasteiger partial charge in [-0.2, -0.15) is 0 Å². The molecule has 4 aliphatic carbocycles. The van der Waals surface area contributed by atoms with Crippen molar-refractivity contribution in [3.8, 4) is 0 Å². The van der Waals surface area contributed by atoms with Crippen molar-refractivity contribution >= 4 is 0 Å². The van der Waals surface area contributed by atoms with Crippen molar-refractivity contribution in [2.75, 3.05) is 20.7 Å². The van der Waals surface area contributed by atoms with Gasteiger partial charge in [0.25, 0.3) is 0 Å². The maximum atomic E-state index is 5.89. The fraction of sp³-hybridized carbons (Fsp3) is 1.00. The van der Waals surface area contributed by atoms with E-state index in [0.29, 0.717) is 5.41 Å². The highest BCUT2D eigenvalue weighted by atomic mass is 16.5. The Morgan fingerprint density at radius 2 is 1.87 bits per heavy atom. The zero-order valence-corrected chi connectivity index (χ0v) is 10.0. The Hall–Kier alpha value is -0.0800. The zero-order chi connectivity index (χ0) is 10.5. The first-order valence-electron chi connectivity index (χ1n) is 6.39. The highest BCUT2D eigenvalue weighted by molar-refractivity contribution is 5.09. The van der Waals surface area contributed by atoms with Crippen LogP contribution in [0.1, 0.15) is 38.5 Å². The molecule has 1 N–H and O–H groups in total. The summed E-state index contributed by atoms with van der Waals surface area (Å²) in [5, 5.41) is 3.41. The first-order chi connectivity index (χ1) is 7.19. The molecule has 0 saturated heterocycles. The van der Waals surface area contributed by atoms with E-state index in [-0.39, 0.29) is 5.60 Å². The van der Waals surface area contributed by atoms with Crippen LogP contribution < -0.4 is 5.32 Å². The van der Waals surface area contributed by atoms with Crippen LogP contribution in [0, 0.1) is 17.3 Å². The average molecular weight is 209 g/mol. The molecule has 2 heteroatoms. The Labute approximate surface area is 92.8 Å². The van der Waals surface area contributed by atoms with Crippen LogP contribution >= 0.6 is 0 Å². The topological polar surface area (TPSA) is 21.3 Å². The third kappa shape index (κ3) is 1.45. The molecule has 0 aromatic heterocycles. The molecule has 4 fully saturated rings. The SMILES string of the molecule is CNCC12CC3CC(C1)CC(OC)(C3)C2. The third-order valence-electron chi connectivity index (χ3n) is 5.11. The van der Waals surface area contributed by atoms with E-state index >= 15 is 0 Å². The molecule has 2 atom stereocenters. The molecular formula is C13H23NO. The molecule has 4 aliphatic rings.